The van der Waals surface area contributed by atoms with Gasteiger partial charge in [0.05, 0.1) is 12.1 Å². The molecule has 2 N–H and O–H groups in total. The van der Waals surface area contributed by atoms with Crippen molar-refractivity contribution in [2.45, 2.75) is 6.42 Å². The van der Waals surface area contributed by atoms with Crippen LogP contribution in [0.2, 0.25) is 0 Å². The summed E-state index contributed by atoms with van der Waals surface area (Å²) in [5, 5.41) is 11.1. The number of hydrogen-bond acceptors (Lipinski definition) is 2. The summed E-state index contributed by atoms with van der Waals surface area (Å²) in [5.74, 6) is -1.42. The Balaban J connectivity index is 1.91. The Bertz CT molecular complexity index is 497. The number of rotatable bonds is 3. The lowest BCUT2D eigenvalue weighted by Gasteiger charge is -2.38. The number of nitrogens with zero attached hydrogens (tertiary/aromatic N) is 1. The van der Waals surface area contributed by atoms with Crippen LogP contribution in [0, 0.1) is 11.7 Å². The monoisotopic (exact) mass is 330 g/mol. The van der Waals surface area contributed by atoms with E-state index in [9.17, 15) is 14.0 Å². The largest absolute Gasteiger partial charge is 0.481 e. The van der Waals surface area contributed by atoms with E-state index < -0.39 is 17.8 Å². The van der Waals surface area contributed by atoms with Crippen molar-refractivity contribution in [3.63, 3.8) is 0 Å². The number of carbonyl (C=O) groups is 2. The van der Waals surface area contributed by atoms with Crippen LogP contribution in [0.1, 0.15) is 6.42 Å². The Morgan fingerprint density at radius 2 is 2.16 bits per heavy atom. The van der Waals surface area contributed by atoms with Crippen LogP contribution in [0.5, 0.6) is 0 Å². The average Bonchev–Trinajstić information content (AvgIpc) is 2.27. The Hall–Kier alpha value is -1.63. The third-order valence-electron chi connectivity index (χ3n) is 2.90. The Labute approximate surface area is 117 Å². The summed E-state index contributed by atoms with van der Waals surface area (Å²) in [6.45, 7) is 0.758. The number of halogens is 2. The van der Waals surface area contributed by atoms with Gasteiger partial charge in [-0.15, -0.1) is 0 Å². The van der Waals surface area contributed by atoms with Gasteiger partial charge < -0.3 is 15.3 Å². The number of likely N-dealkylation sites (tertiary alicyclic amines) is 1. The van der Waals surface area contributed by atoms with Gasteiger partial charge in [-0.05, 0) is 28.1 Å². The van der Waals surface area contributed by atoms with Gasteiger partial charge in [0.2, 0.25) is 0 Å². The zero-order valence-electron chi connectivity index (χ0n) is 9.90. The molecule has 1 heterocycles. The number of hydrogen-bond donors (Lipinski definition) is 2. The maximum absolute atomic E-state index is 13.5. The van der Waals surface area contributed by atoms with Crippen molar-refractivity contribution in [2.24, 2.45) is 5.92 Å². The number of carbonyl (C=O) groups excluding carboxylic acids is 1. The molecule has 1 aromatic carbocycles. The molecule has 1 aromatic rings. The van der Waals surface area contributed by atoms with E-state index in [1.165, 1.54) is 17.0 Å². The molecule has 1 fully saturated rings. The first kappa shape index (κ1) is 13.8. The summed E-state index contributed by atoms with van der Waals surface area (Å²) >= 11 is 3.16. The molecule has 1 aliphatic heterocycles. The topological polar surface area (TPSA) is 69.6 Å². The molecule has 19 heavy (non-hydrogen) atoms. The predicted molar refractivity (Wildman–Crippen MR) is 70.4 cm³/mol. The van der Waals surface area contributed by atoms with Crippen LogP contribution in [0.25, 0.3) is 0 Å². The zero-order valence-corrected chi connectivity index (χ0v) is 11.5. The van der Waals surface area contributed by atoms with E-state index in [1.807, 2.05) is 0 Å². The van der Waals surface area contributed by atoms with Crippen LogP contribution in [-0.4, -0.2) is 35.1 Å². The van der Waals surface area contributed by atoms with E-state index in [4.69, 9.17) is 5.11 Å². The first-order chi connectivity index (χ1) is 8.97. The number of amides is 2. The third kappa shape index (κ3) is 3.23. The van der Waals surface area contributed by atoms with Crippen LogP contribution in [0.3, 0.4) is 0 Å². The molecule has 0 aromatic heterocycles. The molecule has 0 aliphatic carbocycles. The van der Waals surface area contributed by atoms with Gasteiger partial charge in [-0.3, -0.25) is 4.79 Å². The maximum atomic E-state index is 13.5. The van der Waals surface area contributed by atoms with E-state index in [0.717, 1.165) is 0 Å². The Kier molecular flexibility index (Phi) is 4.04. The van der Waals surface area contributed by atoms with Crippen LogP contribution in [0.4, 0.5) is 14.9 Å². The molecule has 2 rings (SSSR count). The second-order valence-corrected chi connectivity index (χ2v) is 5.25. The Morgan fingerprint density at radius 1 is 1.47 bits per heavy atom. The van der Waals surface area contributed by atoms with Gasteiger partial charge in [0.15, 0.2) is 0 Å². The minimum Gasteiger partial charge on any atom is -0.481 e. The van der Waals surface area contributed by atoms with Gasteiger partial charge in [0, 0.05) is 23.5 Å². The smallest absolute Gasteiger partial charge is 0.321 e. The van der Waals surface area contributed by atoms with Crippen molar-refractivity contribution in [3.8, 4) is 0 Å². The maximum Gasteiger partial charge on any atom is 0.321 e. The highest BCUT2D eigenvalue weighted by Crippen LogP contribution is 2.27. The fraction of sp³-hybridized carbons (Fsp3) is 0.333. The normalized spacial score (nSPS) is 14.9. The molecule has 0 unspecified atom stereocenters. The van der Waals surface area contributed by atoms with E-state index >= 15 is 0 Å². The van der Waals surface area contributed by atoms with Crippen molar-refractivity contribution in [1.82, 2.24) is 4.90 Å². The van der Waals surface area contributed by atoms with Crippen LogP contribution >= 0.6 is 15.9 Å². The second kappa shape index (κ2) is 5.56. The van der Waals surface area contributed by atoms with Gasteiger partial charge in [-0.25, -0.2) is 9.18 Å². The molecule has 5 nitrogen and oxygen atoms in total. The van der Waals surface area contributed by atoms with Gasteiger partial charge in [-0.1, -0.05) is 6.07 Å². The predicted octanol–water partition coefficient (Wildman–Crippen LogP) is 2.53. The molecule has 1 saturated heterocycles. The van der Waals surface area contributed by atoms with Crippen molar-refractivity contribution >= 4 is 33.6 Å². The lowest BCUT2D eigenvalue weighted by atomic mass is 9.97. The van der Waals surface area contributed by atoms with Gasteiger partial charge >= 0.3 is 12.0 Å². The molecule has 0 atom stereocenters. The highest BCUT2D eigenvalue weighted by atomic mass is 79.9. The molecular weight excluding hydrogens is 319 g/mol. The number of urea groups is 1. The third-order valence-corrected chi connectivity index (χ3v) is 3.56. The summed E-state index contributed by atoms with van der Waals surface area (Å²) in [4.78, 5) is 23.7. The molecule has 102 valence electrons. The summed E-state index contributed by atoms with van der Waals surface area (Å²) in [7, 11) is 0. The van der Waals surface area contributed by atoms with Crippen molar-refractivity contribution in [3.05, 3.63) is 28.5 Å². The number of aliphatic carboxylic acids is 1. The summed E-state index contributed by atoms with van der Waals surface area (Å²) in [6, 6.07) is 3.99. The van der Waals surface area contributed by atoms with Crippen molar-refractivity contribution in [2.75, 3.05) is 18.4 Å². The fourth-order valence-electron chi connectivity index (χ4n) is 1.91. The van der Waals surface area contributed by atoms with Crippen molar-refractivity contribution < 1.29 is 19.1 Å². The highest BCUT2D eigenvalue weighted by Gasteiger charge is 2.32. The minimum absolute atomic E-state index is 0.0210. The highest BCUT2D eigenvalue weighted by molar-refractivity contribution is 9.10. The number of benzene rings is 1. The average molecular weight is 331 g/mol. The second-order valence-electron chi connectivity index (χ2n) is 4.40. The van der Waals surface area contributed by atoms with Gasteiger partial charge in [-0.2, -0.15) is 0 Å². The van der Waals surface area contributed by atoms with E-state index in [2.05, 4.69) is 21.2 Å². The first-order valence-corrected chi connectivity index (χ1v) is 6.48. The number of anilines is 1. The van der Waals surface area contributed by atoms with Crippen molar-refractivity contribution in [1.29, 1.82) is 0 Å². The lowest BCUT2D eigenvalue weighted by Crippen LogP contribution is -2.52. The molecule has 1 aliphatic rings. The van der Waals surface area contributed by atoms with Gasteiger partial charge in [0.1, 0.15) is 5.82 Å². The summed E-state index contributed by atoms with van der Waals surface area (Å²) in [5.41, 5.74) is 0.0918. The number of para-hydroxylation sites is 1. The molecule has 0 saturated carbocycles. The van der Waals surface area contributed by atoms with Crippen LogP contribution < -0.4 is 5.32 Å². The fourth-order valence-corrected chi connectivity index (χ4v) is 2.36. The standard InChI is InChI=1S/C12H12BrFN2O3/c13-8-2-1-3-9(14)11(8)15-12(19)16-5-7(6-16)4-10(17)18/h1-3,7H,4-6H2,(H,15,19)(H,17,18). The molecule has 7 heteroatoms. The lowest BCUT2D eigenvalue weighted by molar-refractivity contribution is -0.139. The molecule has 2 amide bonds. The summed E-state index contributed by atoms with van der Waals surface area (Å²) in [6.07, 6.45) is 0.0488. The summed E-state index contributed by atoms with van der Waals surface area (Å²) < 4.78 is 14.0. The quantitative estimate of drug-likeness (QED) is 0.894. The SMILES string of the molecule is O=C(O)CC1CN(C(=O)Nc2c(F)cccc2Br)C1. The minimum atomic E-state index is -0.873. The number of carboxylic acid groups (broad SMARTS) is 1. The van der Waals surface area contributed by atoms with E-state index in [0.29, 0.717) is 17.6 Å². The number of carboxylic acids is 1. The zero-order chi connectivity index (χ0) is 14.0. The molecular formula is C12H12BrFN2O3. The van der Waals surface area contributed by atoms with E-state index in [1.54, 1.807) is 6.07 Å². The Morgan fingerprint density at radius 3 is 2.74 bits per heavy atom. The number of nitrogens with one attached hydrogen (secondary N) is 1. The molecule has 0 radical (unpaired) electrons. The molecule has 0 spiro atoms. The van der Waals surface area contributed by atoms with Gasteiger partial charge in [0.25, 0.3) is 0 Å². The first-order valence-electron chi connectivity index (χ1n) is 5.69. The van der Waals surface area contributed by atoms with E-state index in [-0.39, 0.29) is 18.0 Å². The van der Waals surface area contributed by atoms with Crippen LogP contribution in [0.15, 0.2) is 22.7 Å². The van der Waals surface area contributed by atoms with Crippen LogP contribution in [-0.2, 0) is 4.79 Å². The molecule has 0 bridgehead atoms.